The maximum Gasteiger partial charge on any atom is 0.160 e. The van der Waals surface area contributed by atoms with Gasteiger partial charge in [0.05, 0.1) is 16.8 Å². The van der Waals surface area contributed by atoms with Crippen molar-refractivity contribution in [3.63, 3.8) is 0 Å². The Morgan fingerprint density at radius 1 is 0.345 bits per heavy atom. The average molecular weight is 739 g/mol. The molecule has 1 spiro atoms. The van der Waals surface area contributed by atoms with Crippen LogP contribution in [-0.4, -0.2) is 9.97 Å². The second kappa shape index (κ2) is 12.7. The predicted octanol–water partition coefficient (Wildman–Crippen LogP) is 13.9. The molecule has 2 aliphatic rings. The topological polar surface area (TPSA) is 35.0 Å². The fourth-order valence-electron chi connectivity index (χ4n) is 9.65. The van der Waals surface area contributed by atoms with Gasteiger partial charge in [-0.05, 0) is 79.2 Å². The summed E-state index contributed by atoms with van der Waals surface area (Å²) in [6.45, 7) is 0. The molecule has 1 aliphatic carbocycles. The van der Waals surface area contributed by atoms with Crippen LogP contribution in [0.4, 0.5) is 0 Å². The first-order valence-electron chi connectivity index (χ1n) is 19.8. The number of fused-ring (bicyclic) bond motifs is 14. The maximum atomic E-state index is 6.75. The number of para-hydroxylation sites is 2. The zero-order valence-electron chi connectivity index (χ0n) is 31.4. The molecule has 270 valence electrons. The molecule has 0 radical (unpaired) electrons. The van der Waals surface area contributed by atoms with Crippen molar-refractivity contribution < 1.29 is 4.74 Å². The Morgan fingerprint density at radius 3 is 1.50 bits per heavy atom. The molecule has 0 saturated heterocycles. The lowest BCUT2D eigenvalue weighted by Gasteiger charge is -2.40. The van der Waals surface area contributed by atoms with Gasteiger partial charge in [0.15, 0.2) is 5.82 Å². The Balaban J connectivity index is 1.15. The number of benzene rings is 9. The van der Waals surface area contributed by atoms with Gasteiger partial charge < -0.3 is 4.74 Å². The van der Waals surface area contributed by atoms with Crippen molar-refractivity contribution in [2.24, 2.45) is 0 Å². The minimum Gasteiger partial charge on any atom is -0.457 e. The van der Waals surface area contributed by atoms with Gasteiger partial charge >= 0.3 is 0 Å². The largest absolute Gasteiger partial charge is 0.457 e. The Kier molecular flexibility index (Phi) is 7.14. The smallest absolute Gasteiger partial charge is 0.160 e. The Bertz CT molecular complexity index is 3200. The monoisotopic (exact) mass is 738 g/mol. The quantitative estimate of drug-likeness (QED) is 0.169. The molecule has 3 heteroatoms. The van der Waals surface area contributed by atoms with Crippen LogP contribution in [0.5, 0.6) is 11.5 Å². The van der Waals surface area contributed by atoms with Crippen molar-refractivity contribution in [2.45, 2.75) is 5.41 Å². The van der Waals surface area contributed by atoms with E-state index in [0.717, 1.165) is 50.7 Å². The highest BCUT2D eigenvalue weighted by molar-refractivity contribution is 6.19. The number of hydrogen-bond donors (Lipinski definition) is 0. The van der Waals surface area contributed by atoms with Crippen molar-refractivity contribution in [3.8, 4) is 67.7 Å². The average Bonchev–Trinajstić information content (AvgIpc) is 3.60. The van der Waals surface area contributed by atoms with Crippen LogP contribution in [0.3, 0.4) is 0 Å². The van der Waals surface area contributed by atoms with Gasteiger partial charge in [0.25, 0.3) is 0 Å². The van der Waals surface area contributed by atoms with Gasteiger partial charge in [-0.1, -0.05) is 182 Å². The van der Waals surface area contributed by atoms with Crippen molar-refractivity contribution in [2.75, 3.05) is 0 Å². The van der Waals surface area contributed by atoms with Gasteiger partial charge in [-0.15, -0.1) is 0 Å². The molecule has 0 bridgehead atoms. The normalized spacial score (nSPS) is 13.1. The second-order valence-corrected chi connectivity index (χ2v) is 15.2. The van der Waals surface area contributed by atoms with E-state index in [1.807, 2.05) is 18.2 Å². The van der Waals surface area contributed by atoms with E-state index in [4.69, 9.17) is 14.7 Å². The van der Waals surface area contributed by atoms with E-state index in [2.05, 4.69) is 188 Å². The molecule has 0 saturated carbocycles. The van der Waals surface area contributed by atoms with Crippen LogP contribution in [0.15, 0.2) is 206 Å². The Morgan fingerprint density at radius 2 is 0.828 bits per heavy atom. The maximum absolute atomic E-state index is 6.75. The van der Waals surface area contributed by atoms with Crippen LogP contribution in [0.1, 0.15) is 22.3 Å². The van der Waals surface area contributed by atoms with E-state index >= 15 is 0 Å². The van der Waals surface area contributed by atoms with Crippen LogP contribution in [0, 0.1) is 0 Å². The van der Waals surface area contributed by atoms with Gasteiger partial charge in [-0.25, -0.2) is 9.97 Å². The second-order valence-electron chi connectivity index (χ2n) is 15.2. The molecular formula is C55H34N2O. The van der Waals surface area contributed by atoms with Crippen molar-refractivity contribution in [1.29, 1.82) is 0 Å². The highest BCUT2D eigenvalue weighted by Gasteiger charge is 2.52. The number of nitrogens with zero attached hydrogens (tertiary/aromatic N) is 2. The highest BCUT2D eigenvalue weighted by atomic mass is 16.5. The van der Waals surface area contributed by atoms with E-state index in [1.54, 1.807) is 0 Å². The molecule has 1 aliphatic heterocycles. The first-order chi connectivity index (χ1) is 28.8. The molecule has 0 atom stereocenters. The summed E-state index contributed by atoms with van der Waals surface area (Å²) in [4.78, 5) is 10.5. The van der Waals surface area contributed by atoms with Gasteiger partial charge in [-0.3, -0.25) is 0 Å². The molecule has 12 rings (SSSR count). The predicted molar refractivity (Wildman–Crippen MR) is 236 cm³/mol. The molecule has 58 heavy (non-hydrogen) atoms. The molecule has 0 unspecified atom stereocenters. The number of aromatic nitrogens is 2. The van der Waals surface area contributed by atoms with Crippen molar-refractivity contribution in [3.05, 3.63) is 229 Å². The number of hydrogen-bond acceptors (Lipinski definition) is 3. The lowest BCUT2D eigenvalue weighted by molar-refractivity contribution is 0.437. The molecule has 10 aromatic rings. The Hall–Kier alpha value is -7.62. The minimum absolute atomic E-state index is 0.666. The lowest BCUT2D eigenvalue weighted by atomic mass is 9.65. The van der Waals surface area contributed by atoms with Gasteiger partial charge in [0.1, 0.15) is 11.5 Å². The molecule has 0 fully saturated rings. The van der Waals surface area contributed by atoms with Gasteiger partial charge in [-0.2, -0.15) is 0 Å². The standard InChI is InChI=1S/C55H34N2O/c1-3-15-35(16-4-1)36-27-29-37(30-28-36)48-34-49(57-54(56-48)38-17-5-2-6-18-38)39-31-32-44-47(33-39)55(45-23-11-13-25-50(45)58-51-26-14-12-24-46(51)55)53-43-22-10-8-20-41(43)40-19-7-9-21-42(40)52(44)53/h1-34H. The zero-order chi connectivity index (χ0) is 38.2. The van der Waals surface area contributed by atoms with Gasteiger partial charge in [0, 0.05) is 27.8 Å². The third kappa shape index (κ3) is 4.74. The summed E-state index contributed by atoms with van der Waals surface area (Å²) in [5, 5.41) is 4.99. The molecule has 3 nitrogen and oxygen atoms in total. The summed E-state index contributed by atoms with van der Waals surface area (Å²) in [5.74, 6) is 2.44. The van der Waals surface area contributed by atoms with E-state index < -0.39 is 5.41 Å². The molecule has 9 aromatic carbocycles. The first-order valence-corrected chi connectivity index (χ1v) is 19.8. The summed E-state index contributed by atoms with van der Waals surface area (Å²) in [6, 6.07) is 73.6. The first kappa shape index (κ1) is 32.6. The van der Waals surface area contributed by atoms with E-state index in [0.29, 0.717) is 5.82 Å². The third-order valence-electron chi connectivity index (χ3n) is 12.1. The van der Waals surface area contributed by atoms with Crippen molar-refractivity contribution in [1.82, 2.24) is 9.97 Å². The van der Waals surface area contributed by atoms with Crippen LogP contribution < -0.4 is 4.74 Å². The highest BCUT2D eigenvalue weighted by Crippen LogP contribution is 2.65. The van der Waals surface area contributed by atoms with E-state index in [1.165, 1.54) is 54.9 Å². The summed E-state index contributed by atoms with van der Waals surface area (Å²) in [6.07, 6.45) is 0. The zero-order valence-corrected chi connectivity index (χ0v) is 31.4. The molecule has 1 aromatic heterocycles. The summed E-state index contributed by atoms with van der Waals surface area (Å²) in [5.41, 5.74) is 13.8. The van der Waals surface area contributed by atoms with Gasteiger partial charge in [0.2, 0.25) is 0 Å². The summed E-state index contributed by atoms with van der Waals surface area (Å²) < 4.78 is 6.75. The fourth-order valence-corrected chi connectivity index (χ4v) is 9.65. The number of rotatable bonds is 4. The van der Waals surface area contributed by atoms with Crippen LogP contribution >= 0.6 is 0 Å². The Labute approximate surface area is 336 Å². The fraction of sp³-hybridized carbons (Fsp3) is 0.0182. The van der Waals surface area contributed by atoms with Crippen molar-refractivity contribution >= 4 is 21.5 Å². The van der Waals surface area contributed by atoms with E-state index in [-0.39, 0.29) is 0 Å². The molecule has 0 N–H and O–H groups in total. The van der Waals surface area contributed by atoms with Crippen LogP contribution in [-0.2, 0) is 5.41 Å². The van der Waals surface area contributed by atoms with Crippen LogP contribution in [0.2, 0.25) is 0 Å². The SMILES string of the molecule is c1ccc(-c2ccc(-c3cc(-c4ccc5c(c4)C4(c6ccccc6Oc6ccccc64)c4c-5c5ccccc5c5ccccc45)nc(-c4ccccc4)n3)cc2)cc1. The molecule has 0 amide bonds. The van der Waals surface area contributed by atoms with E-state index in [9.17, 15) is 0 Å². The summed E-state index contributed by atoms with van der Waals surface area (Å²) in [7, 11) is 0. The minimum atomic E-state index is -0.666. The lowest BCUT2D eigenvalue weighted by Crippen LogP contribution is -2.32. The summed E-state index contributed by atoms with van der Waals surface area (Å²) >= 11 is 0. The molecular weight excluding hydrogens is 705 g/mol. The van der Waals surface area contributed by atoms with Crippen LogP contribution in [0.25, 0.3) is 77.7 Å². The third-order valence-corrected chi connectivity index (χ3v) is 12.1. The number of ether oxygens (including phenoxy) is 1. The molecule has 2 heterocycles.